The standard InChI is InChI=1S/C14H19N6O4/c1-7-8(2)20-10-11(17(3)14(23)18(4)12(10)22)15-13(20)19(16-7)6-9(21)24-5/h8,10H,6H2,1-5H3/q+1. The van der Waals surface area contributed by atoms with E-state index in [1.807, 2.05) is 13.8 Å². The van der Waals surface area contributed by atoms with Gasteiger partial charge in [-0.25, -0.2) is 14.2 Å². The summed E-state index contributed by atoms with van der Waals surface area (Å²) in [5.74, 6) is -0.130. The highest BCUT2D eigenvalue weighted by Crippen LogP contribution is 2.24. The highest BCUT2D eigenvalue weighted by molar-refractivity contribution is 6.23. The van der Waals surface area contributed by atoms with E-state index in [0.717, 1.165) is 10.6 Å². The van der Waals surface area contributed by atoms with Crippen molar-refractivity contribution in [2.75, 3.05) is 27.7 Å². The van der Waals surface area contributed by atoms with Gasteiger partial charge in [0.15, 0.2) is 6.54 Å². The molecule has 10 nitrogen and oxygen atoms in total. The number of amidine groups is 1. The molecule has 0 saturated carbocycles. The van der Waals surface area contributed by atoms with Crippen molar-refractivity contribution in [2.45, 2.75) is 25.9 Å². The SMILES string of the molecule is COC(=O)CN1N=C(C)C(C)[N+]2=C1N=C1C2C(=O)N(C)C(=O)N1C. The van der Waals surface area contributed by atoms with Gasteiger partial charge < -0.3 is 4.74 Å². The van der Waals surface area contributed by atoms with Crippen LogP contribution in [0.1, 0.15) is 13.8 Å². The molecule has 0 N–H and O–H groups in total. The summed E-state index contributed by atoms with van der Waals surface area (Å²) < 4.78 is 6.47. The first-order valence-corrected chi connectivity index (χ1v) is 7.46. The number of likely N-dealkylation sites (N-methyl/N-ethyl adjacent to an activating group) is 2. The van der Waals surface area contributed by atoms with Crippen LogP contribution in [0.5, 0.6) is 0 Å². The van der Waals surface area contributed by atoms with Crippen LogP contribution in [-0.2, 0) is 14.3 Å². The fourth-order valence-electron chi connectivity index (χ4n) is 2.95. The number of guanidine groups is 1. The van der Waals surface area contributed by atoms with E-state index < -0.39 is 18.0 Å². The largest absolute Gasteiger partial charge is 0.467 e. The van der Waals surface area contributed by atoms with Gasteiger partial charge in [0, 0.05) is 14.1 Å². The Balaban J connectivity index is 2.07. The topological polar surface area (TPSA) is 97.9 Å². The molecule has 24 heavy (non-hydrogen) atoms. The molecule has 3 aliphatic heterocycles. The van der Waals surface area contributed by atoms with Crippen LogP contribution in [-0.4, -0.2) is 94.6 Å². The molecule has 3 heterocycles. The van der Waals surface area contributed by atoms with Crippen molar-refractivity contribution in [3.63, 3.8) is 0 Å². The van der Waals surface area contributed by atoms with E-state index >= 15 is 0 Å². The zero-order valence-electron chi connectivity index (χ0n) is 14.2. The first-order chi connectivity index (χ1) is 11.3. The van der Waals surface area contributed by atoms with Gasteiger partial charge in [-0.1, -0.05) is 4.99 Å². The Kier molecular flexibility index (Phi) is 3.61. The third kappa shape index (κ3) is 2.09. The normalized spacial score (nSPS) is 26.3. The van der Waals surface area contributed by atoms with E-state index in [-0.39, 0.29) is 18.5 Å². The van der Waals surface area contributed by atoms with Gasteiger partial charge in [-0.05, 0) is 13.8 Å². The van der Waals surface area contributed by atoms with Crippen LogP contribution in [0.2, 0.25) is 0 Å². The molecule has 128 valence electrons. The number of methoxy groups -OCH3 is 1. The number of rotatable bonds is 2. The summed E-state index contributed by atoms with van der Waals surface area (Å²) >= 11 is 0. The third-order valence-electron chi connectivity index (χ3n) is 4.49. The number of amides is 3. The number of carbonyl (C=O) groups excluding carboxylic acids is 3. The molecule has 0 aromatic carbocycles. The summed E-state index contributed by atoms with van der Waals surface area (Å²) in [4.78, 5) is 43.3. The molecule has 2 unspecified atom stereocenters. The highest BCUT2D eigenvalue weighted by Gasteiger charge is 2.55. The number of aliphatic imine (C=N–C) groups is 1. The lowest BCUT2D eigenvalue weighted by molar-refractivity contribution is -0.559. The lowest BCUT2D eigenvalue weighted by Crippen LogP contribution is -2.63. The lowest BCUT2D eigenvalue weighted by Gasteiger charge is -2.33. The van der Waals surface area contributed by atoms with Gasteiger partial charge in [0.05, 0.1) is 12.8 Å². The molecule has 0 aromatic rings. The molecule has 10 heteroatoms. The maximum atomic E-state index is 12.6. The van der Waals surface area contributed by atoms with Gasteiger partial charge in [-0.3, -0.25) is 14.6 Å². The van der Waals surface area contributed by atoms with Gasteiger partial charge in [-0.15, -0.1) is 10.1 Å². The van der Waals surface area contributed by atoms with E-state index in [0.29, 0.717) is 11.8 Å². The van der Waals surface area contributed by atoms with E-state index in [9.17, 15) is 14.4 Å². The molecule has 0 radical (unpaired) electrons. The van der Waals surface area contributed by atoms with Crippen molar-refractivity contribution < 1.29 is 23.7 Å². The number of fused-ring (bicyclic) bond motifs is 2. The minimum absolute atomic E-state index is 0.127. The van der Waals surface area contributed by atoms with Crippen molar-refractivity contribution >= 4 is 35.4 Å². The zero-order valence-corrected chi connectivity index (χ0v) is 14.2. The van der Waals surface area contributed by atoms with Crippen molar-refractivity contribution in [1.82, 2.24) is 14.8 Å². The van der Waals surface area contributed by atoms with Crippen LogP contribution in [0.4, 0.5) is 4.79 Å². The average molecular weight is 335 g/mol. The molecular formula is C14H19N6O4+. The number of carbonyl (C=O) groups is 3. The Hall–Kier alpha value is -2.78. The molecule has 3 amide bonds. The van der Waals surface area contributed by atoms with Crippen LogP contribution < -0.4 is 0 Å². The number of urea groups is 1. The van der Waals surface area contributed by atoms with Gasteiger partial charge in [-0.2, -0.15) is 0 Å². The summed E-state index contributed by atoms with van der Waals surface area (Å²) in [6, 6.07) is -1.35. The molecule has 1 fully saturated rings. The lowest BCUT2D eigenvalue weighted by atomic mass is 10.1. The van der Waals surface area contributed by atoms with E-state index in [1.165, 1.54) is 24.1 Å². The molecule has 0 bridgehead atoms. The molecule has 2 atom stereocenters. The summed E-state index contributed by atoms with van der Waals surface area (Å²) in [6.07, 6.45) is 0. The van der Waals surface area contributed by atoms with E-state index in [2.05, 4.69) is 14.8 Å². The summed E-state index contributed by atoms with van der Waals surface area (Å²) in [6.45, 7) is 3.59. The highest BCUT2D eigenvalue weighted by atomic mass is 16.5. The Morgan fingerprint density at radius 1 is 1.29 bits per heavy atom. The molecule has 0 aliphatic carbocycles. The van der Waals surface area contributed by atoms with Gasteiger partial charge in [0.2, 0.25) is 11.9 Å². The van der Waals surface area contributed by atoms with Crippen LogP contribution in [0, 0.1) is 0 Å². The predicted octanol–water partition coefficient (Wildman–Crippen LogP) is -1.09. The molecule has 0 aromatic heterocycles. The molecule has 0 spiro atoms. The monoisotopic (exact) mass is 335 g/mol. The maximum Gasteiger partial charge on any atom is 0.417 e. The predicted molar refractivity (Wildman–Crippen MR) is 83.7 cm³/mol. The Morgan fingerprint density at radius 3 is 2.58 bits per heavy atom. The second-order valence-electron chi connectivity index (χ2n) is 5.87. The van der Waals surface area contributed by atoms with Crippen molar-refractivity contribution in [2.24, 2.45) is 10.1 Å². The fraction of sp³-hybridized carbons (Fsp3) is 0.571. The minimum atomic E-state index is -0.715. The maximum absolute atomic E-state index is 12.6. The van der Waals surface area contributed by atoms with E-state index in [4.69, 9.17) is 0 Å². The number of esters is 1. The summed E-state index contributed by atoms with van der Waals surface area (Å²) in [5, 5.41) is 5.78. The Morgan fingerprint density at radius 2 is 1.96 bits per heavy atom. The van der Waals surface area contributed by atoms with Crippen LogP contribution >= 0.6 is 0 Å². The molecule has 3 rings (SSSR count). The number of hydrogen-bond acceptors (Lipinski definition) is 7. The number of hydrazone groups is 1. The summed E-state index contributed by atoms with van der Waals surface area (Å²) in [5.41, 5.74) is 0.731. The number of ether oxygens (including phenoxy) is 1. The van der Waals surface area contributed by atoms with Gasteiger partial charge >= 0.3 is 18.0 Å². The Labute approximate surface area is 138 Å². The van der Waals surface area contributed by atoms with Crippen LogP contribution in [0.25, 0.3) is 0 Å². The smallest absolute Gasteiger partial charge is 0.417 e. The van der Waals surface area contributed by atoms with Crippen LogP contribution in [0.15, 0.2) is 10.1 Å². The first-order valence-electron chi connectivity index (χ1n) is 7.46. The van der Waals surface area contributed by atoms with Gasteiger partial charge in [0.1, 0.15) is 6.04 Å². The second-order valence-corrected chi connectivity index (χ2v) is 5.87. The number of nitrogens with zero attached hydrogens (tertiary/aromatic N) is 6. The molecular weight excluding hydrogens is 316 g/mol. The summed E-state index contributed by atoms with van der Waals surface area (Å²) in [7, 11) is 4.30. The Bertz CT molecular complexity index is 740. The fourth-order valence-corrected chi connectivity index (χ4v) is 2.95. The molecule has 1 saturated heterocycles. The van der Waals surface area contributed by atoms with Crippen molar-refractivity contribution in [1.29, 1.82) is 0 Å². The number of hydrogen-bond donors (Lipinski definition) is 0. The third-order valence-corrected chi connectivity index (χ3v) is 4.49. The van der Waals surface area contributed by atoms with Crippen molar-refractivity contribution in [3.8, 4) is 0 Å². The van der Waals surface area contributed by atoms with Crippen LogP contribution in [0.3, 0.4) is 0 Å². The quantitative estimate of drug-likeness (QED) is 0.472. The zero-order chi connectivity index (χ0) is 17.8. The minimum Gasteiger partial charge on any atom is -0.467 e. The molecule has 3 aliphatic rings. The van der Waals surface area contributed by atoms with Gasteiger partial charge in [0.25, 0.3) is 5.91 Å². The average Bonchev–Trinajstić information content (AvgIpc) is 2.96. The van der Waals surface area contributed by atoms with E-state index in [1.54, 1.807) is 11.6 Å². The van der Waals surface area contributed by atoms with Crippen molar-refractivity contribution in [3.05, 3.63) is 0 Å². The first kappa shape index (κ1) is 16.1. The second kappa shape index (κ2) is 5.39. The number of imide groups is 1.